The van der Waals surface area contributed by atoms with Gasteiger partial charge in [0.05, 0.1) is 12.6 Å². The Morgan fingerprint density at radius 1 is 1.65 bits per heavy atom. The van der Waals surface area contributed by atoms with E-state index >= 15 is 0 Å². The number of nitrogens with one attached hydrogen (secondary N) is 2. The summed E-state index contributed by atoms with van der Waals surface area (Å²) in [5.41, 5.74) is 1.85. The second kappa shape index (κ2) is 6.84. The van der Waals surface area contributed by atoms with Gasteiger partial charge in [-0.2, -0.15) is 5.26 Å². The molecule has 1 heterocycles. The Labute approximate surface area is 127 Å². The lowest BCUT2D eigenvalue weighted by Gasteiger charge is -2.31. The molecule has 0 aromatic heterocycles. The molecule has 1 aromatic carbocycles. The largest absolute Gasteiger partial charge is 0.325 e. The molecule has 2 N–H and O–H groups in total. The lowest BCUT2D eigenvalue weighted by Crippen LogP contribution is -2.52. The summed E-state index contributed by atoms with van der Waals surface area (Å²) < 4.78 is 1.02. The first-order valence-electron chi connectivity index (χ1n) is 6.50. The van der Waals surface area contributed by atoms with Gasteiger partial charge in [0.15, 0.2) is 0 Å². The molecule has 1 saturated heterocycles. The monoisotopic (exact) mass is 336 g/mol. The Balaban J connectivity index is 1.94. The fourth-order valence-electron chi connectivity index (χ4n) is 2.17. The molecule has 1 fully saturated rings. The van der Waals surface area contributed by atoms with Crippen LogP contribution in [0.5, 0.6) is 0 Å². The van der Waals surface area contributed by atoms with E-state index in [1.54, 1.807) is 0 Å². The van der Waals surface area contributed by atoms with E-state index in [1.165, 1.54) is 0 Å². The van der Waals surface area contributed by atoms with Crippen LogP contribution in [-0.2, 0) is 4.79 Å². The Bertz CT molecular complexity index is 540. The number of anilines is 1. The number of benzene rings is 1. The van der Waals surface area contributed by atoms with Crippen molar-refractivity contribution in [1.29, 1.82) is 5.26 Å². The highest BCUT2D eigenvalue weighted by molar-refractivity contribution is 9.10. The van der Waals surface area contributed by atoms with Crippen LogP contribution in [0.3, 0.4) is 0 Å². The molecule has 1 amide bonds. The van der Waals surface area contributed by atoms with Crippen molar-refractivity contribution in [3.63, 3.8) is 0 Å². The molecular formula is C14H17BrN4O. The van der Waals surface area contributed by atoms with E-state index in [4.69, 9.17) is 5.26 Å². The van der Waals surface area contributed by atoms with Crippen molar-refractivity contribution >= 4 is 27.5 Å². The molecule has 1 aromatic rings. The van der Waals surface area contributed by atoms with Gasteiger partial charge in [0.25, 0.3) is 0 Å². The fraction of sp³-hybridized carbons (Fsp3) is 0.429. The highest BCUT2D eigenvalue weighted by atomic mass is 79.9. The summed E-state index contributed by atoms with van der Waals surface area (Å²) in [5.74, 6) is -0.0890. The van der Waals surface area contributed by atoms with Gasteiger partial charge in [-0.1, -0.05) is 15.9 Å². The predicted octanol–water partition coefficient (Wildman–Crippen LogP) is 1.49. The number of nitrogens with zero attached hydrogens (tertiary/aromatic N) is 2. The molecule has 1 unspecified atom stereocenters. The van der Waals surface area contributed by atoms with Crippen LogP contribution in [-0.4, -0.2) is 43.0 Å². The van der Waals surface area contributed by atoms with Crippen molar-refractivity contribution in [2.24, 2.45) is 0 Å². The van der Waals surface area contributed by atoms with Gasteiger partial charge in [-0.15, -0.1) is 0 Å². The van der Waals surface area contributed by atoms with Gasteiger partial charge in [-0.25, -0.2) is 0 Å². The Morgan fingerprint density at radius 2 is 2.45 bits per heavy atom. The molecule has 106 valence electrons. The van der Waals surface area contributed by atoms with E-state index in [2.05, 4.69) is 32.6 Å². The van der Waals surface area contributed by atoms with Crippen molar-refractivity contribution in [2.75, 3.05) is 31.5 Å². The third-order valence-corrected chi connectivity index (χ3v) is 4.18. The van der Waals surface area contributed by atoms with Crippen LogP contribution >= 0.6 is 15.9 Å². The van der Waals surface area contributed by atoms with E-state index < -0.39 is 0 Å². The van der Waals surface area contributed by atoms with Crippen molar-refractivity contribution < 1.29 is 4.79 Å². The zero-order valence-electron chi connectivity index (χ0n) is 11.3. The number of aryl methyl sites for hydroxylation is 1. The van der Waals surface area contributed by atoms with Crippen LogP contribution in [0.1, 0.15) is 5.56 Å². The molecule has 0 spiro atoms. The molecule has 0 saturated carbocycles. The van der Waals surface area contributed by atoms with Crippen LogP contribution in [0.25, 0.3) is 0 Å². The minimum atomic E-state index is -0.235. The smallest absolute Gasteiger partial charge is 0.238 e. The number of piperazine rings is 1. The highest BCUT2D eigenvalue weighted by Gasteiger charge is 2.23. The zero-order valence-corrected chi connectivity index (χ0v) is 12.9. The van der Waals surface area contributed by atoms with E-state index in [9.17, 15) is 4.79 Å². The molecule has 6 heteroatoms. The van der Waals surface area contributed by atoms with Crippen LogP contribution < -0.4 is 10.6 Å². The molecule has 0 aliphatic carbocycles. The molecule has 1 atom stereocenters. The summed E-state index contributed by atoms with van der Waals surface area (Å²) in [6, 6.07) is 7.67. The van der Waals surface area contributed by atoms with Crippen molar-refractivity contribution in [1.82, 2.24) is 10.2 Å². The van der Waals surface area contributed by atoms with Crippen LogP contribution in [0.2, 0.25) is 0 Å². The molecular weight excluding hydrogens is 320 g/mol. The number of hydrogen-bond acceptors (Lipinski definition) is 4. The van der Waals surface area contributed by atoms with Gasteiger partial charge >= 0.3 is 0 Å². The van der Waals surface area contributed by atoms with Crippen molar-refractivity contribution in [3.05, 3.63) is 28.2 Å². The Morgan fingerprint density at radius 3 is 3.15 bits per heavy atom. The van der Waals surface area contributed by atoms with Gasteiger partial charge in [0, 0.05) is 29.8 Å². The number of halogens is 1. The van der Waals surface area contributed by atoms with E-state index in [1.807, 2.05) is 30.0 Å². The second-order valence-corrected chi connectivity index (χ2v) is 5.69. The lowest BCUT2D eigenvalue weighted by atomic mass is 10.2. The van der Waals surface area contributed by atoms with Crippen LogP contribution in [0, 0.1) is 18.3 Å². The fourth-order valence-corrected chi connectivity index (χ4v) is 2.42. The average molecular weight is 337 g/mol. The number of nitriles is 1. The number of carbonyl (C=O) groups excluding carboxylic acids is 1. The summed E-state index contributed by atoms with van der Waals surface area (Å²) in [6.07, 6.45) is 0. The first-order chi connectivity index (χ1) is 9.60. The molecule has 0 bridgehead atoms. The molecule has 5 nitrogen and oxygen atoms in total. The maximum Gasteiger partial charge on any atom is 0.238 e. The average Bonchev–Trinajstić information content (AvgIpc) is 2.43. The topological polar surface area (TPSA) is 68.2 Å². The van der Waals surface area contributed by atoms with Gasteiger partial charge < -0.3 is 10.6 Å². The number of amides is 1. The lowest BCUT2D eigenvalue weighted by molar-refractivity contribution is -0.117. The third kappa shape index (κ3) is 3.79. The standard InChI is InChI=1S/C14H17BrN4O/c1-10-6-11(2-3-13(10)15)18-14(20)9-19-5-4-17-8-12(19)7-16/h2-3,6,12,17H,4-5,8-9H2,1H3,(H,18,20). The third-order valence-electron chi connectivity index (χ3n) is 3.29. The first kappa shape index (κ1) is 15.0. The molecule has 2 rings (SSSR count). The van der Waals surface area contributed by atoms with E-state index in [0.717, 1.165) is 22.3 Å². The van der Waals surface area contributed by atoms with Crippen molar-refractivity contribution in [3.8, 4) is 6.07 Å². The van der Waals surface area contributed by atoms with Gasteiger partial charge in [0.2, 0.25) is 5.91 Å². The van der Waals surface area contributed by atoms with Gasteiger partial charge in [-0.05, 0) is 30.7 Å². The zero-order chi connectivity index (χ0) is 14.5. The maximum absolute atomic E-state index is 12.0. The first-order valence-corrected chi connectivity index (χ1v) is 7.30. The normalized spacial score (nSPS) is 19.4. The minimum Gasteiger partial charge on any atom is -0.325 e. The minimum absolute atomic E-state index is 0.0890. The summed E-state index contributed by atoms with van der Waals surface area (Å²) in [5, 5.41) is 15.1. The number of rotatable bonds is 3. The molecule has 1 aliphatic rings. The SMILES string of the molecule is Cc1cc(NC(=O)CN2CCNCC2C#N)ccc1Br. The molecule has 0 radical (unpaired) electrons. The van der Waals surface area contributed by atoms with E-state index in [-0.39, 0.29) is 18.5 Å². The van der Waals surface area contributed by atoms with E-state index in [0.29, 0.717) is 13.1 Å². The van der Waals surface area contributed by atoms with Crippen LogP contribution in [0.4, 0.5) is 5.69 Å². The molecule has 1 aliphatic heterocycles. The van der Waals surface area contributed by atoms with Crippen molar-refractivity contribution in [2.45, 2.75) is 13.0 Å². The Hall–Kier alpha value is -1.42. The Kier molecular flexibility index (Phi) is 5.12. The van der Waals surface area contributed by atoms with Crippen LogP contribution in [0.15, 0.2) is 22.7 Å². The quantitative estimate of drug-likeness (QED) is 0.877. The number of hydrogen-bond donors (Lipinski definition) is 2. The maximum atomic E-state index is 12.0. The van der Waals surface area contributed by atoms with Gasteiger partial charge in [-0.3, -0.25) is 9.69 Å². The summed E-state index contributed by atoms with van der Waals surface area (Å²) in [7, 11) is 0. The summed E-state index contributed by atoms with van der Waals surface area (Å²) in [6.45, 7) is 4.35. The van der Waals surface area contributed by atoms with Gasteiger partial charge in [0.1, 0.15) is 6.04 Å². The second-order valence-electron chi connectivity index (χ2n) is 4.83. The number of carbonyl (C=O) groups is 1. The molecule has 20 heavy (non-hydrogen) atoms. The predicted molar refractivity (Wildman–Crippen MR) is 81.4 cm³/mol. The highest BCUT2D eigenvalue weighted by Crippen LogP contribution is 2.20. The summed E-state index contributed by atoms with van der Waals surface area (Å²) in [4.78, 5) is 13.9. The summed E-state index contributed by atoms with van der Waals surface area (Å²) >= 11 is 3.43.